The highest BCUT2D eigenvalue weighted by atomic mass is 32.2. The first kappa shape index (κ1) is 13.5. The van der Waals surface area contributed by atoms with Crippen molar-refractivity contribution in [3.8, 4) is 11.5 Å². The van der Waals surface area contributed by atoms with Crippen LogP contribution in [0, 0.1) is 0 Å². The van der Waals surface area contributed by atoms with Crippen molar-refractivity contribution in [1.29, 1.82) is 0 Å². The summed E-state index contributed by atoms with van der Waals surface area (Å²) < 4.78 is 37.7. The van der Waals surface area contributed by atoms with Crippen molar-refractivity contribution >= 4 is 21.4 Å². The summed E-state index contributed by atoms with van der Waals surface area (Å²) in [6.45, 7) is 0.135. The van der Waals surface area contributed by atoms with E-state index in [1.807, 2.05) is 0 Å². The van der Waals surface area contributed by atoms with Crippen molar-refractivity contribution in [3.63, 3.8) is 0 Å². The van der Waals surface area contributed by atoms with E-state index in [1.165, 1.54) is 6.20 Å². The minimum Gasteiger partial charge on any atom is -0.454 e. The van der Waals surface area contributed by atoms with Gasteiger partial charge in [-0.05, 0) is 24.3 Å². The van der Waals surface area contributed by atoms with E-state index in [1.54, 1.807) is 37.4 Å². The minimum absolute atomic E-state index is 0.0647. The molecule has 1 aliphatic heterocycles. The van der Waals surface area contributed by atoms with E-state index in [9.17, 15) is 8.42 Å². The van der Waals surface area contributed by atoms with Crippen LogP contribution in [0.15, 0.2) is 41.6 Å². The first-order valence-corrected chi connectivity index (χ1v) is 7.64. The summed E-state index contributed by atoms with van der Waals surface area (Å²) in [6.07, 6.45) is 1.43. The number of fused-ring (bicyclic) bond motifs is 1. The van der Waals surface area contributed by atoms with Crippen LogP contribution in [0.2, 0.25) is 0 Å². The molecule has 110 valence electrons. The number of ether oxygens (including phenoxy) is 2. The van der Waals surface area contributed by atoms with Crippen LogP contribution in [0.3, 0.4) is 0 Å². The quantitative estimate of drug-likeness (QED) is 0.893. The lowest BCUT2D eigenvalue weighted by Gasteiger charge is -2.11. The molecule has 0 amide bonds. The lowest BCUT2D eigenvalue weighted by Crippen LogP contribution is -2.16. The van der Waals surface area contributed by atoms with Crippen LogP contribution in [0.4, 0.5) is 11.4 Å². The molecule has 8 heteroatoms. The third-order valence-corrected chi connectivity index (χ3v) is 4.26. The molecule has 0 aliphatic carbocycles. The van der Waals surface area contributed by atoms with Gasteiger partial charge in [-0.15, -0.1) is 0 Å². The first-order valence-electron chi connectivity index (χ1n) is 6.15. The number of hydrogen-bond donors (Lipinski definition) is 2. The number of benzene rings is 1. The fourth-order valence-electron chi connectivity index (χ4n) is 1.96. The number of pyridine rings is 1. The lowest BCUT2D eigenvalue weighted by molar-refractivity contribution is 0.174. The Bertz CT molecular complexity index is 777. The normalized spacial score (nSPS) is 13.0. The highest BCUT2D eigenvalue weighted by Gasteiger charge is 2.21. The van der Waals surface area contributed by atoms with Crippen molar-refractivity contribution in [2.24, 2.45) is 0 Å². The predicted octanol–water partition coefficient (Wildman–Crippen LogP) is 1.65. The molecule has 1 aliphatic rings. The summed E-state index contributed by atoms with van der Waals surface area (Å²) in [5.41, 5.74) is 0.803. The van der Waals surface area contributed by atoms with Crippen LogP contribution in [0.1, 0.15) is 0 Å². The summed E-state index contributed by atoms with van der Waals surface area (Å²) in [4.78, 5) is 3.92. The third kappa shape index (κ3) is 2.57. The maximum Gasteiger partial charge on any atom is 0.281 e. The maximum absolute atomic E-state index is 12.4. The summed E-state index contributed by atoms with van der Waals surface area (Å²) in [7, 11) is -2.16. The third-order valence-electron chi connectivity index (χ3n) is 2.92. The SMILES string of the molecule is CNc1cccnc1S(=O)(=O)Nc1ccc2c(c1)OCO2. The molecule has 0 spiro atoms. The number of hydrogen-bond acceptors (Lipinski definition) is 6. The molecule has 0 unspecified atom stereocenters. The van der Waals surface area contributed by atoms with Gasteiger partial charge in [0.1, 0.15) is 0 Å². The predicted molar refractivity (Wildman–Crippen MR) is 77.2 cm³/mol. The van der Waals surface area contributed by atoms with Gasteiger partial charge in [-0.1, -0.05) is 0 Å². The molecular weight excluding hydrogens is 294 g/mol. The molecule has 7 nitrogen and oxygen atoms in total. The molecule has 0 saturated heterocycles. The van der Waals surface area contributed by atoms with Gasteiger partial charge in [0.15, 0.2) is 16.5 Å². The van der Waals surface area contributed by atoms with E-state index in [0.717, 1.165) is 0 Å². The second-order valence-electron chi connectivity index (χ2n) is 4.28. The Labute approximate surface area is 122 Å². The molecule has 0 bridgehead atoms. The van der Waals surface area contributed by atoms with Crippen LogP contribution in [-0.2, 0) is 10.0 Å². The Morgan fingerprint density at radius 1 is 1.19 bits per heavy atom. The molecule has 1 aromatic carbocycles. The van der Waals surface area contributed by atoms with Gasteiger partial charge in [0.2, 0.25) is 6.79 Å². The van der Waals surface area contributed by atoms with E-state index < -0.39 is 10.0 Å². The van der Waals surface area contributed by atoms with Crippen molar-refractivity contribution in [2.75, 3.05) is 23.9 Å². The molecule has 0 saturated carbocycles. The van der Waals surface area contributed by atoms with Crippen LogP contribution < -0.4 is 19.5 Å². The van der Waals surface area contributed by atoms with Gasteiger partial charge in [-0.25, -0.2) is 4.98 Å². The van der Waals surface area contributed by atoms with Crippen molar-refractivity contribution in [1.82, 2.24) is 4.98 Å². The van der Waals surface area contributed by atoms with Crippen molar-refractivity contribution in [3.05, 3.63) is 36.5 Å². The topological polar surface area (TPSA) is 89.6 Å². The average molecular weight is 307 g/mol. The van der Waals surface area contributed by atoms with Gasteiger partial charge >= 0.3 is 0 Å². The fourth-order valence-corrected chi connectivity index (χ4v) is 3.15. The number of anilines is 2. The zero-order valence-corrected chi connectivity index (χ0v) is 12.0. The average Bonchev–Trinajstić information content (AvgIpc) is 2.94. The van der Waals surface area contributed by atoms with Gasteiger partial charge in [0, 0.05) is 19.3 Å². The molecule has 21 heavy (non-hydrogen) atoms. The first-order chi connectivity index (χ1) is 10.1. The number of nitrogens with one attached hydrogen (secondary N) is 2. The van der Waals surface area contributed by atoms with E-state index in [2.05, 4.69) is 15.0 Å². The van der Waals surface area contributed by atoms with E-state index >= 15 is 0 Å². The highest BCUT2D eigenvalue weighted by molar-refractivity contribution is 7.92. The lowest BCUT2D eigenvalue weighted by atomic mass is 10.3. The summed E-state index contributed by atoms with van der Waals surface area (Å²) in [5.74, 6) is 1.09. The highest BCUT2D eigenvalue weighted by Crippen LogP contribution is 2.35. The molecule has 0 radical (unpaired) electrons. The molecule has 3 rings (SSSR count). The van der Waals surface area contributed by atoms with Gasteiger partial charge in [-0.2, -0.15) is 8.42 Å². The van der Waals surface area contributed by atoms with Gasteiger partial charge < -0.3 is 14.8 Å². The molecule has 0 fully saturated rings. The van der Waals surface area contributed by atoms with Crippen LogP contribution in [0.5, 0.6) is 11.5 Å². The van der Waals surface area contributed by atoms with Crippen molar-refractivity contribution < 1.29 is 17.9 Å². The van der Waals surface area contributed by atoms with Gasteiger partial charge in [0.25, 0.3) is 10.0 Å². The Hall–Kier alpha value is -2.48. The molecule has 1 aromatic heterocycles. The van der Waals surface area contributed by atoms with Crippen LogP contribution >= 0.6 is 0 Å². The fraction of sp³-hybridized carbons (Fsp3) is 0.154. The van der Waals surface area contributed by atoms with Gasteiger partial charge in [-0.3, -0.25) is 4.72 Å². The summed E-state index contributed by atoms with van der Waals surface area (Å²) in [5, 5.41) is 2.74. The number of sulfonamides is 1. The molecular formula is C13H13N3O4S. The zero-order valence-electron chi connectivity index (χ0n) is 11.2. The molecule has 0 atom stereocenters. The van der Waals surface area contributed by atoms with E-state index in [4.69, 9.17) is 9.47 Å². The Morgan fingerprint density at radius 2 is 2.00 bits per heavy atom. The second kappa shape index (κ2) is 5.13. The smallest absolute Gasteiger partial charge is 0.281 e. The molecule has 2 heterocycles. The number of nitrogens with zero attached hydrogens (tertiary/aromatic N) is 1. The zero-order chi connectivity index (χ0) is 14.9. The van der Waals surface area contributed by atoms with E-state index in [-0.39, 0.29) is 11.8 Å². The largest absolute Gasteiger partial charge is 0.454 e. The monoisotopic (exact) mass is 307 g/mol. The number of rotatable bonds is 4. The van der Waals surface area contributed by atoms with Crippen LogP contribution in [-0.4, -0.2) is 27.2 Å². The Morgan fingerprint density at radius 3 is 2.81 bits per heavy atom. The summed E-state index contributed by atoms with van der Waals surface area (Å²) in [6, 6.07) is 8.12. The van der Waals surface area contributed by atoms with Crippen LogP contribution in [0.25, 0.3) is 0 Å². The molecule has 2 N–H and O–H groups in total. The minimum atomic E-state index is -3.79. The second-order valence-corrected chi connectivity index (χ2v) is 5.88. The standard InChI is InChI=1S/C13H13N3O4S/c1-14-10-3-2-6-15-13(10)21(17,18)16-9-4-5-11-12(7-9)20-8-19-11/h2-7,14,16H,8H2,1H3. The number of aromatic nitrogens is 1. The van der Waals surface area contributed by atoms with E-state index in [0.29, 0.717) is 22.9 Å². The molecule has 2 aromatic rings. The maximum atomic E-state index is 12.4. The van der Waals surface area contributed by atoms with Gasteiger partial charge in [0.05, 0.1) is 11.4 Å². The summed E-state index contributed by atoms with van der Waals surface area (Å²) >= 11 is 0. The van der Waals surface area contributed by atoms with Crippen molar-refractivity contribution in [2.45, 2.75) is 5.03 Å². The Kier molecular flexibility index (Phi) is 3.30. The Balaban J connectivity index is 1.93.